The summed E-state index contributed by atoms with van der Waals surface area (Å²) in [7, 11) is -3.83. The first-order valence-electron chi connectivity index (χ1n) is 9.74. The summed E-state index contributed by atoms with van der Waals surface area (Å²) in [5.41, 5.74) is 5.02. The lowest BCUT2D eigenvalue weighted by Crippen LogP contribution is -2.49. The third kappa shape index (κ3) is 2.99. The van der Waals surface area contributed by atoms with Crippen LogP contribution in [0.1, 0.15) is 17.2 Å². The number of fused-ring (bicyclic) bond motifs is 3. The lowest BCUT2D eigenvalue weighted by Gasteiger charge is -2.38. The fraction of sp³-hybridized carbons (Fsp3) is 0.217. The summed E-state index contributed by atoms with van der Waals surface area (Å²) in [4.78, 5) is 2.09. The number of rotatable bonds is 3. The zero-order chi connectivity index (χ0) is 20.0. The molecule has 1 saturated heterocycles. The van der Waals surface area contributed by atoms with Gasteiger partial charge in [0.1, 0.15) is 10.7 Å². The van der Waals surface area contributed by atoms with Crippen LogP contribution < -0.4 is 0 Å². The van der Waals surface area contributed by atoms with Crippen LogP contribution in [0.25, 0.3) is 11.1 Å². The van der Waals surface area contributed by atoms with Crippen LogP contribution in [0.4, 0.5) is 4.39 Å². The number of halogens is 1. The molecule has 0 aromatic heterocycles. The maximum absolute atomic E-state index is 14.1. The van der Waals surface area contributed by atoms with Gasteiger partial charge < -0.3 is 0 Å². The van der Waals surface area contributed by atoms with Gasteiger partial charge in [-0.15, -0.1) is 0 Å². The lowest BCUT2D eigenvalue weighted by atomic mass is 10.0. The van der Waals surface area contributed by atoms with Crippen molar-refractivity contribution in [2.45, 2.75) is 10.9 Å². The van der Waals surface area contributed by atoms with Crippen LogP contribution in [0.3, 0.4) is 0 Å². The highest BCUT2D eigenvalue weighted by molar-refractivity contribution is 7.89. The Bertz CT molecular complexity index is 1130. The van der Waals surface area contributed by atoms with Gasteiger partial charge in [0, 0.05) is 26.2 Å². The van der Waals surface area contributed by atoms with E-state index in [2.05, 4.69) is 53.4 Å². The van der Waals surface area contributed by atoms with Crippen LogP contribution in [-0.4, -0.2) is 43.8 Å². The van der Waals surface area contributed by atoms with Crippen molar-refractivity contribution in [2.75, 3.05) is 26.2 Å². The maximum atomic E-state index is 14.1. The second-order valence-corrected chi connectivity index (χ2v) is 9.35. The van der Waals surface area contributed by atoms with Gasteiger partial charge in [0.2, 0.25) is 10.0 Å². The highest BCUT2D eigenvalue weighted by Crippen LogP contribution is 2.46. The van der Waals surface area contributed by atoms with E-state index in [1.165, 1.54) is 44.8 Å². The Morgan fingerprint density at radius 1 is 0.724 bits per heavy atom. The van der Waals surface area contributed by atoms with E-state index in [1.807, 2.05) is 0 Å². The summed E-state index contributed by atoms with van der Waals surface area (Å²) in [5.74, 6) is -0.700. The molecule has 1 fully saturated rings. The molecule has 5 rings (SSSR count). The van der Waals surface area contributed by atoms with E-state index in [4.69, 9.17) is 0 Å². The number of hydrogen-bond acceptors (Lipinski definition) is 3. The predicted molar refractivity (Wildman–Crippen MR) is 110 cm³/mol. The van der Waals surface area contributed by atoms with E-state index in [-0.39, 0.29) is 10.9 Å². The molecule has 0 atom stereocenters. The summed E-state index contributed by atoms with van der Waals surface area (Å²) in [5, 5.41) is 0. The van der Waals surface area contributed by atoms with Crippen molar-refractivity contribution in [3.8, 4) is 11.1 Å². The fourth-order valence-electron chi connectivity index (χ4n) is 4.52. The predicted octanol–water partition coefficient (Wildman–Crippen LogP) is 3.90. The number of piperazine rings is 1. The smallest absolute Gasteiger partial charge is 0.246 e. The standard InChI is InChI=1S/C23H21FN2O2S/c24-21-11-5-6-12-22(21)29(27,28)26-15-13-25(14-16-26)23-19-9-3-1-7-17(19)18-8-2-4-10-20(18)23/h1-12,23H,13-16H2. The molecule has 0 bridgehead atoms. The topological polar surface area (TPSA) is 40.6 Å². The normalized spacial score (nSPS) is 17.8. The van der Waals surface area contributed by atoms with Gasteiger partial charge in [-0.25, -0.2) is 12.8 Å². The molecule has 2 aliphatic rings. The Morgan fingerprint density at radius 3 is 1.83 bits per heavy atom. The number of benzene rings is 3. The monoisotopic (exact) mass is 408 g/mol. The molecule has 6 heteroatoms. The van der Waals surface area contributed by atoms with Crippen LogP contribution in [0.5, 0.6) is 0 Å². The van der Waals surface area contributed by atoms with Crippen molar-refractivity contribution in [3.05, 3.63) is 89.7 Å². The molecule has 0 saturated carbocycles. The molecule has 29 heavy (non-hydrogen) atoms. The average Bonchev–Trinajstić information content (AvgIpc) is 3.08. The van der Waals surface area contributed by atoms with Crippen molar-refractivity contribution in [2.24, 2.45) is 0 Å². The second-order valence-electron chi connectivity index (χ2n) is 7.45. The minimum Gasteiger partial charge on any atom is -0.290 e. The molecule has 0 N–H and O–H groups in total. The Hall–Kier alpha value is -2.54. The van der Waals surface area contributed by atoms with E-state index >= 15 is 0 Å². The van der Waals surface area contributed by atoms with Crippen molar-refractivity contribution in [3.63, 3.8) is 0 Å². The molecule has 1 aliphatic carbocycles. The number of nitrogens with zero attached hydrogens (tertiary/aromatic N) is 2. The van der Waals surface area contributed by atoms with E-state index in [0.29, 0.717) is 26.2 Å². The minimum absolute atomic E-state index is 0.126. The molecular weight excluding hydrogens is 387 g/mol. The molecule has 1 heterocycles. The van der Waals surface area contributed by atoms with Gasteiger partial charge in [-0.1, -0.05) is 60.7 Å². The first-order valence-corrected chi connectivity index (χ1v) is 11.2. The molecule has 0 spiro atoms. The first kappa shape index (κ1) is 18.5. The van der Waals surface area contributed by atoms with Crippen LogP contribution in [0.15, 0.2) is 77.7 Å². The Balaban J connectivity index is 1.41. The van der Waals surface area contributed by atoms with E-state index in [0.717, 1.165) is 0 Å². The van der Waals surface area contributed by atoms with E-state index < -0.39 is 15.8 Å². The molecular formula is C23H21FN2O2S. The van der Waals surface area contributed by atoms with Crippen molar-refractivity contribution < 1.29 is 12.8 Å². The van der Waals surface area contributed by atoms with Gasteiger partial charge in [-0.2, -0.15) is 4.31 Å². The SMILES string of the molecule is O=S(=O)(c1ccccc1F)N1CCN(C2c3ccccc3-c3ccccc32)CC1. The largest absolute Gasteiger partial charge is 0.290 e. The first-order chi connectivity index (χ1) is 14.1. The zero-order valence-corrected chi connectivity index (χ0v) is 16.6. The Morgan fingerprint density at radius 2 is 1.24 bits per heavy atom. The molecule has 0 unspecified atom stereocenters. The lowest BCUT2D eigenvalue weighted by molar-refractivity contribution is 0.157. The van der Waals surface area contributed by atoms with E-state index in [1.54, 1.807) is 6.07 Å². The molecule has 1 aliphatic heterocycles. The third-order valence-corrected chi connectivity index (χ3v) is 7.83. The molecule has 0 amide bonds. The summed E-state index contributed by atoms with van der Waals surface area (Å²) < 4.78 is 41.3. The van der Waals surface area contributed by atoms with Crippen LogP contribution >= 0.6 is 0 Å². The van der Waals surface area contributed by atoms with Gasteiger partial charge in [0.05, 0.1) is 6.04 Å². The maximum Gasteiger partial charge on any atom is 0.246 e. The summed E-state index contributed by atoms with van der Waals surface area (Å²) in [6, 6.07) is 22.5. The summed E-state index contributed by atoms with van der Waals surface area (Å²) in [6.45, 7) is 1.89. The van der Waals surface area contributed by atoms with Crippen LogP contribution in [-0.2, 0) is 10.0 Å². The number of sulfonamides is 1. The van der Waals surface area contributed by atoms with Crippen LogP contribution in [0, 0.1) is 5.82 Å². The second kappa shape index (κ2) is 7.06. The molecule has 0 radical (unpaired) electrons. The quantitative estimate of drug-likeness (QED) is 0.660. The molecule has 3 aromatic carbocycles. The van der Waals surface area contributed by atoms with Gasteiger partial charge in [-0.3, -0.25) is 4.90 Å². The Labute approximate surface area is 170 Å². The van der Waals surface area contributed by atoms with E-state index in [9.17, 15) is 12.8 Å². The van der Waals surface area contributed by atoms with Gasteiger partial charge in [-0.05, 0) is 34.4 Å². The molecule has 148 valence electrons. The number of hydrogen-bond donors (Lipinski definition) is 0. The van der Waals surface area contributed by atoms with Crippen molar-refractivity contribution >= 4 is 10.0 Å². The summed E-state index contributed by atoms with van der Waals surface area (Å²) in [6.07, 6.45) is 0. The van der Waals surface area contributed by atoms with Crippen molar-refractivity contribution in [1.29, 1.82) is 0 Å². The Kier molecular flexibility index (Phi) is 4.50. The highest BCUT2D eigenvalue weighted by Gasteiger charge is 2.37. The minimum atomic E-state index is -3.83. The zero-order valence-electron chi connectivity index (χ0n) is 15.8. The molecule has 3 aromatic rings. The van der Waals surface area contributed by atoms with Crippen LogP contribution in [0.2, 0.25) is 0 Å². The van der Waals surface area contributed by atoms with Crippen molar-refractivity contribution in [1.82, 2.24) is 9.21 Å². The van der Waals surface area contributed by atoms with Gasteiger partial charge in [0.15, 0.2) is 0 Å². The summed E-state index contributed by atoms with van der Waals surface area (Å²) >= 11 is 0. The third-order valence-electron chi connectivity index (χ3n) is 5.89. The fourth-order valence-corrected chi connectivity index (χ4v) is 6.00. The molecule has 4 nitrogen and oxygen atoms in total. The average molecular weight is 408 g/mol. The van der Waals surface area contributed by atoms with Gasteiger partial charge in [0.25, 0.3) is 0 Å². The highest BCUT2D eigenvalue weighted by atomic mass is 32.2. The van der Waals surface area contributed by atoms with Gasteiger partial charge >= 0.3 is 0 Å².